The van der Waals surface area contributed by atoms with Crippen LogP contribution in [0.25, 0.3) is 0 Å². The zero-order valence-electron chi connectivity index (χ0n) is 13.7. The molecule has 0 saturated carbocycles. The molecule has 1 aliphatic heterocycles. The first kappa shape index (κ1) is 16.3. The van der Waals surface area contributed by atoms with Crippen molar-refractivity contribution in [2.45, 2.75) is 19.0 Å². The van der Waals surface area contributed by atoms with Crippen LogP contribution in [-0.4, -0.2) is 35.8 Å². The molecular weight excluding hydrogens is 304 g/mol. The summed E-state index contributed by atoms with van der Waals surface area (Å²) < 4.78 is 5.57. The Bertz CT molecular complexity index is 690. The number of morpholine rings is 1. The summed E-state index contributed by atoms with van der Waals surface area (Å²) in [6.45, 7) is 3.50. The molecule has 2 atom stereocenters. The van der Waals surface area contributed by atoms with E-state index >= 15 is 0 Å². The molecule has 5 nitrogen and oxygen atoms in total. The van der Waals surface area contributed by atoms with E-state index in [-0.39, 0.29) is 23.9 Å². The lowest BCUT2D eigenvalue weighted by molar-refractivity contribution is 0.0111. The molecule has 0 spiro atoms. The first-order chi connectivity index (χ1) is 11.6. The van der Waals surface area contributed by atoms with Gasteiger partial charge in [-0.25, -0.2) is 4.79 Å². The number of rotatable bonds is 3. The van der Waals surface area contributed by atoms with E-state index in [0.29, 0.717) is 19.8 Å². The number of benzene rings is 2. The lowest BCUT2D eigenvalue weighted by atomic mass is 10.1. The smallest absolute Gasteiger partial charge is 0.318 e. The van der Waals surface area contributed by atoms with Crippen molar-refractivity contribution in [3.8, 4) is 5.75 Å². The predicted octanol–water partition coefficient (Wildman–Crippen LogP) is 3.24. The molecule has 2 aromatic rings. The van der Waals surface area contributed by atoms with Crippen LogP contribution in [0.15, 0.2) is 54.6 Å². The molecule has 24 heavy (non-hydrogen) atoms. The summed E-state index contributed by atoms with van der Waals surface area (Å²) in [5.74, 6) is 0.196. The fraction of sp³-hybridized carbons (Fsp3) is 0.316. The van der Waals surface area contributed by atoms with Gasteiger partial charge in [0.2, 0.25) is 0 Å². The Morgan fingerprint density at radius 3 is 2.79 bits per heavy atom. The highest BCUT2D eigenvalue weighted by atomic mass is 16.5. The monoisotopic (exact) mass is 326 g/mol. The van der Waals surface area contributed by atoms with Crippen molar-refractivity contribution in [2.75, 3.05) is 19.8 Å². The molecule has 0 unspecified atom stereocenters. The molecule has 2 amide bonds. The Kier molecular flexibility index (Phi) is 5.01. The quantitative estimate of drug-likeness (QED) is 0.910. The normalized spacial score (nSPS) is 18.9. The van der Waals surface area contributed by atoms with Crippen LogP contribution in [0.3, 0.4) is 0 Å². The molecule has 0 aromatic heterocycles. The highest BCUT2D eigenvalue weighted by Gasteiger charge is 2.29. The second kappa shape index (κ2) is 7.36. The fourth-order valence-electron chi connectivity index (χ4n) is 2.94. The van der Waals surface area contributed by atoms with Crippen molar-refractivity contribution in [1.29, 1.82) is 0 Å². The largest absolute Gasteiger partial charge is 0.508 e. The van der Waals surface area contributed by atoms with Gasteiger partial charge in [0, 0.05) is 6.54 Å². The maximum atomic E-state index is 12.7. The van der Waals surface area contributed by atoms with Crippen molar-refractivity contribution < 1.29 is 14.6 Å². The molecule has 1 saturated heterocycles. The van der Waals surface area contributed by atoms with Gasteiger partial charge in [0.05, 0.1) is 25.3 Å². The standard InChI is InChI=1S/C19H22N2O3/c1-14(16-8-5-9-17(22)12-16)20-19(23)21-10-11-24-13-18(21)15-6-3-2-4-7-15/h2-9,12,14,18,22H,10-11,13H2,1H3,(H,20,23)/t14-,18-/m1/s1. The van der Waals surface area contributed by atoms with Gasteiger partial charge in [-0.1, -0.05) is 42.5 Å². The van der Waals surface area contributed by atoms with Gasteiger partial charge in [-0.15, -0.1) is 0 Å². The molecule has 2 N–H and O–H groups in total. The number of aromatic hydroxyl groups is 1. The molecule has 2 aromatic carbocycles. The number of phenols is 1. The summed E-state index contributed by atoms with van der Waals surface area (Å²) in [6, 6.07) is 16.5. The summed E-state index contributed by atoms with van der Waals surface area (Å²) in [5.41, 5.74) is 1.94. The Morgan fingerprint density at radius 1 is 1.25 bits per heavy atom. The highest BCUT2D eigenvalue weighted by Crippen LogP contribution is 2.25. The summed E-state index contributed by atoms with van der Waals surface area (Å²) >= 11 is 0. The van der Waals surface area contributed by atoms with E-state index in [2.05, 4.69) is 5.32 Å². The van der Waals surface area contributed by atoms with Crippen LogP contribution >= 0.6 is 0 Å². The SMILES string of the molecule is C[C@@H](NC(=O)N1CCOC[C@@H]1c1ccccc1)c1cccc(O)c1. The first-order valence-electron chi connectivity index (χ1n) is 8.14. The Hall–Kier alpha value is -2.53. The van der Waals surface area contributed by atoms with Gasteiger partial charge in [-0.3, -0.25) is 0 Å². The van der Waals surface area contributed by atoms with Crippen LogP contribution in [0.1, 0.15) is 30.1 Å². The Balaban J connectivity index is 1.72. The second-order valence-electron chi connectivity index (χ2n) is 5.96. The van der Waals surface area contributed by atoms with E-state index in [9.17, 15) is 9.90 Å². The molecule has 1 heterocycles. The average molecular weight is 326 g/mol. The topological polar surface area (TPSA) is 61.8 Å². The predicted molar refractivity (Wildman–Crippen MR) is 91.8 cm³/mol. The second-order valence-corrected chi connectivity index (χ2v) is 5.96. The zero-order chi connectivity index (χ0) is 16.9. The van der Waals surface area contributed by atoms with Gasteiger partial charge in [-0.2, -0.15) is 0 Å². The van der Waals surface area contributed by atoms with Crippen LogP contribution in [0.2, 0.25) is 0 Å². The number of urea groups is 1. The molecule has 126 valence electrons. The summed E-state index contributed by atoms with van der Waals surface area (Å²) in [5, 5.41) is 12.6. The minimum absolute atomic E-state index is 0.0867. The number of nitrogens with zero attached hydrogens (tertiary/aromatic N) is 1. The summed E-state index contributed by atoms with van der Waals surface area (Å²) in [6.07, 6.45) is 0. The number of carbonyl (C=O) groups is 1. The summed E-state index contributed by atoms with van der Waals surface area (Å²) in [7, 11) is 0. The minimum atomic E-state index is -0.191. The number of nitrogens with one attached hydrogen (secondary N) is 1. The molecule has 1 aliphatic rings. The molecule has 0 radical (unpaired) electrons. The van der Waals surface area contributed by atoms with Gasteiger partial charge in [0.1, 0.15) is 5.75 Å². The zero-order valence-corrected chi connectivity index (χ0v) is 13.7. The number of hydrogen-bond donors (Lipinski definition) is 2. The van der Waals surface area contributed by atoms with E-state index in [1.54, 1.807) is 18.2 Å². The third kappa shape index (κ3) is 3.68. The minimum Gasteiger partial charge on any atom is -0.508 e. The van der Waals surface area contributed by atoms with E-state index in [1.165, 1.54) is 0 Å². The lowest BCUT2D eigenvalue weighted by Gasteiger charge is -2.36. The average Bonchev–Trinajstić information content (AvgIpc) is 2.62. The van der Waals surface area contributed by atoms with Crippen LogP contribution in [-0.2, 0) is 4.74 Å². The van der Waals surface area contributed by atoms with E-state index < -0.39 is 0 Å². The first-order valence-corrected chi connectivity index (χ1v) is 8.14. The Morgan fingerprint density at radius 2 is 2.04 bits per heavy atom. The maximum absolute atomic E-state index is 12.7. The molecule has 3 rings (SSSR count). The highest BCUT2D eigenvalue weighted by molar-refractivity contribution is 5.75. The van der Waals surface area contributed by atoms with Crippen molar-refractivity contribution in [3.63, 3.8) is 0 Å². The molecular formula is C19H22N2O3. The molecule has 5 heteroatoms. The fourth-order valence-corrected chi connectivity index (χ4v) is 2.94. The third-order valence-corrected chi connectivity index (χ3v) is 4.28. The van der Waals surface area contributed by atoms with E-state index in [4.69, 9.17) is 4.74 Å². The van der Waals surface area contributed by atoms with Crippen molar-refractivity contribution in [1.82, 2.24) is 10.2 Å². The van der Waals surface area contributed by atoms with E-state index in [1.807, 2.05) is 48.2 Å². The van der Waals surface area contributed by atoms with Crippen LogP contribution < -0.4 is 5.32 Å². The van der Waals surface area contributed by atoms with Crippen LogP contribution in [0, 0.1) is 0 Å². The lowest BCUT2D eigenvalue weighted by Crippen LogP contribution is -2.48. The number of hydrogen-bond acceptors (Lipinski definition) is 3. The summed E-state index contributed by atoms with van der Waals surface area (Å²) in [4.78, 5) is 14.6. The maximum Gasteiger partial charge on any atom is 0.318 e. The third-order valence-electron chi connectivity index (χ3n) is 4.28. The van der Waals surface area contributed by atoms with Gasteiger partial charge >= 0.3 is 6.03 Å². The molecule has 1 fully saturated rings. The molecule has 0 bridgehead atoms. The van der Waals surface area contributed by atoms with Gasteiger partial charge in [0.15, 0.2) is 0 Å². The van der Waals surface area contributed by atoms with Crippen molar-refractivity contribution >= 4 is 6.03 Å². The number of phenolic OH excluding ortho intramolecular Hbond substituents is 1. The van der Waals surface area contributed by atoms with Crippen molar-refractivity contribution in [3.05, 3.63) is 65.7 Å². The van der Waals surface area contributed by atoms with Gasteiger partial charge in [0.25, 0.3) is 0 Å². The van der Waals surface area contributed by atoms with Crippen LogP contribution in [0.4, 0.5) is 4.79 Å². The van der Waals surface area contributed by atoms with Gasteiger partial charge in [-0.05, 0) is 30.2 Å². The number of amides is 2. The van der Waals surface area contributed by atoms with Crippen LogP contribution in [0.5, 0.6) is 5.75 Å². The van der Waals surface area contributed by atoms with Crippen molar-refractivity contribution in [2.24, 2.45) is 0 Å². The molecule has 0 aliphatic carbocycles. The number of carbonyl (C=O) groups excluding carboxylic acids is 1. The van der Waals surface area contributed by atoms with E-state index in [0.717, 1.165) is 11.1 Å². The number of ether oxygens (including phenoxy) is 1. The Labute approximate surface area is 141 Å². The van der Waals surface area contributed by atoms with Gasteiger partial charge < -0.3 is 20.1 Å².